The average Bonchev–Trinajstić information content (AvgIpc) is 3.31. The van der Waals surface area contributed by atoms with Gasteiger partial charge in [0.2, 0.25) is 29.5 Å². The second-order valence-electron chi connectivity index (χ2n) is 8.40. The molecule has 15 heteroatoms. The molecule has 0 fully saturated rings. The first kappa shape index (κ1) is 30.0. The number of hydrogen-bond donors (Lipinski definition) is 8. The van der Waals surface area contributed by atoms with Crippen molar-refractivity contribution in [3.05, 3.63) is 18.2 Å². The fourth-order valence-corrected chi connectivity index (χ4v) is 3.15. The largest absolute Gasteiger partial charge is 0.480 e. The number of aliphatic carboxylic acids is 1. The lowest BCUT2D eigenvalue weighted by atomic mass is 9.98. The minimum absolute atomic E-state index is 0.0941. The van der Waals surface area contributed by atoms with Gasteiger partial charge >= 0.3 is 5.97 Å². The van der Waals surface area contributed by atoms with Crippen molar-refractivity contribution in [3.63, 3.8) is 0 Å². The van der Waals surface area contributed by atoms with E-state index in [2.05, 4.69) is 25.9 Å². The van der Waals surface area contributed by atoms with E-state index in [0.717, 1.165) is 0 Å². The molecule has 1 rings (SSSR count). The Balaban J connectivity index is 3.07. The first-order valence-corrected chi connectivity index (χ1v) is 11.3. The number of carbonyl (C=O) groups excluding carboxylic acids is 5. The van der Waals surface area contributed by atoms with Gasteiger partial charge in [-0.2, -0.15) is 0 Å². The summed E-state index contributed by atoms with van der Waals surface area (Å²) < 4.78 is 0. The van der Waals surface area contributed by atoms with Crippen LogP contribution in [0.1, 0.15) is 45.2 Å². The number of carboxylic acids is 1. The van der Waals surface area contributed by atoms with Gasteiger partial charge in [0.25, 0.3) is 0 Å². The third-order valence-electron chi connectivity index (χ3n) is 5.47. The topological polar surface area (TPSA) is 265 Å². The lowest BCUT2D eigenvalue weighted by Crippen LogP contribution is -2.58. The fourth-order valence-electron chi connectivity index (χ4n) is 3.15. The molecule has 11 N–H and O–H groups in total. The van der Waals surface area contributed by atoms with Crippen molar-refractivity contribution < 1.29 is 33.9 Å². The number of aromatic nitrogens is 2. The number of aromatic amines is 1. The van der Waals surface area contributed by atoms with E-state index in [1.54, 1.807) is 13.8 Å². The fraction of sp³-hybridized carbons (Fsp3) is 0.571. The molecule has 15 nitrogen and oxygen atoms in total. The number of rotatable bonds is 16. The Hall–Kier alpha value is -4.01. The number of carboxylic acid groups (broad SMARTS) is 1. The summed E-state index contributed by atoms with van der Waals surface area (Å²) in [6.45, 7) is 3.42. The van der Waals surface area contributed by atoms with Gasteiger partial charge in [-0.1, -0.05) is 20.3 Å². The van der Waals surface area contributed by atoms with Crippen molar-refractivity contribution in [2.45, 2.75) is 70.1 Å². The molecule has 5 amide bonds. The molecular formula is C21H34N8O7. The summed E-state index contributed by atoms with van der Waals surface area (Å²) >= 11 is 0. The van der Waals surface area contributed by atoms with E-state index in [1.165, 1.54) is 12.5 Å². The summed E-state index contributed by atoms with van der Waals surface area (Å²) in [6.07, 6.45) is 2.27. The molecule has 5 atom stereocenters. The molecule has 0 bridgehead atoms. The third-order valence-corrected chi connectivity index (χ3v) is 5.47. The lowest BCUT2D eigenvalue weighted by Gasteiger charge is -2.26. The SMILES string of the molecule is CCC(C)C(NC(=O)C(Cc1cnc[nH]1)NC(=O)C(CC(N)=O)NC(=O)C(N)CCC(N)=O)C(=O)O. The van der Waals surface area contributed by atoms with Crippen LogP contribution in [0.15, 0.2) is 12.5 Å². The summed E-state index contributed by atoms with van der Waals surface area (Å²) in [7, 11) is 0. The molecule has 200 valence electrons. The molecule has 1 aromatic heterocycles. The second kappa shape index (κ2) is 14.4. The van der Waals surface area contributed by atoms with Gasteiger partial charge in [0.15, 0.2) is 0 Å². The van der Waals surface area contributed by atoms with Crippen molar-refractivity contribution in [2.75, 3.05) is 0 Å². The first-order valence-electron chi connectivity index (χ1n) is 11.3. The Kier molecular flexibility index (Phi) is 12.0. The number of nitrogens with zero attached hydrogens (tertiary/aromatic N) is 1. The van der Waals surface area contributed by atoms with E-state index in [1.807, 2.05) is 0 Å². The quantitative estimate of drug-likeness (QED) is 0.112. The molecule has 0 aliphatic heterocycles. The Morgan fingerprint density at radius 2 is 1.61 bits per heavy atom. The minimum atomic E-state index is -1.49. The zero-order valence-electron chi connectivity index (χ0n) is 20.2. The molecule has 0 aromatic carbocycles. The van der Waals surface area contributed by atoms with Gasteiger partial charge in [-0.05, 0) is 12.3 Å². The van der Waals surface area contributed by atoms with E-state index < -0.39 is 72.0 Å². The molecule has 1 heterocycles. The molecule has 0 saturated heterocycles. The van der Waals surface area contributed by atoms with Gasteiger partial charge in [-0.25, -0.2) is 9.78 Å². The molecule has 0 aliphatic carbocycles. The molecule has 0 radical (unpaired) electrons. The first-order chi connectivity index (χ1) is 16.8. The van der Waals surface area contributed by atoms with E-state index in [4.69, 9.17) is 17.2 Å². The van der Waals surface area contributed by atoms with Crippen molar-refractivity contribution in [3.8, 4) is 0 Å². The number of primary amides is 2. The maximum absolute atomic E-state index is 13.0. The molecule has 0 spiro atoms. The standard InChI is InChI=1S/C21H34N8O7/c1-3-10(2)17(21(35)36)29-20(34)13(6-11-8-25-9-26-11)28-19(33)14(7-16(24)31)27-18(32)12(22)4-5-15(23)30/h8-10,12-14,17H,3-7,22H2,1-2H3,(H2,23,30)(H2,24,31)(H,25,26)(H,27,32)(H,28,33)(H,29,34)(H,35,36). The molecule has 0 saturated carbocycles. The van der Waals surface area contributed by atoms with Crippen LogP contribution in [0.3, 0.4) is 0 Å². The smallest absolute Gasteiger partial charge is 0.326 e. The van der Waals surface area contributed by atoms with Gasteiger partial charge in [0, 0.05) is 24.7 Å². The van der Waals surface area contributed by atoms with Gasteiger partial charge in [0.05, 0.1) is 18.8 Å². The van der Waals surface area contributed by atoms with Crippen molar-refractivity contribution in [2.24, 2.45) is 23.1 Å². The molecule has 1 aromatic rings. The summed E-state index contributed by atoms with van der Waals surface area (Å²) in [6, 6.07) is -5.19. The number of imidazole rings is 1. The van der Waals surface area contributed by atoms with E-state index >= 15 is 0 Å². The molecule has 0 aliphatic rings. The van der Waals surface area contributed by atoms with Crippen molar-refractivity contribution in [1.29, 1.82) is 0 Å². The lowest BCUT2D eigenvalue weighted by molar-refractivity contribution is -0.144. The normalized spacial score (nSPS) is 15.0. The maximum atomic E-state index is 13.0. The zero-order valence-corrected chi connectivity index (χ0v) is 20.2. The van der Waals surface area contributed by atoms with Crippen LogP contribution < -0.4 is 33.2 Å². The predicted molar refractivity (Wildman–Crippen MR) is 125 cm³/mol. The minimum Gasteiger partial charge on any atom is -0.480 e. The summed E-state index contributed by atoms with van der Waals surface area (Å²) in [5.41, 5.74) is 16.4. The molecule has 36 heavy (non-hydrogen) atoms. The third kappa shape index (κ3) is 10.1. The van der Waals surface area contributed by atoms with Crippen LogP contribution in [0.5, 0.6) is 0 Å². The number of amides is 5. The van der Waals surface area contributed by atoms with Crippen LogP contribution in [0.25, 0.3) is 0 Å². The van der Waals surface area contributed by atoms with E-state index in [-0.39, 0.29) is 19.3 Å². The second-order valence-corrected chi connectivity index (χ2v) is 8.40. The monoisotopic (exact) mass is 510 g/mol. The van der Waals surface area contributed by atoms with Crippen LogP contribution in [-0.2, 0) is 35.2 Å². The molecule has 5 unspecified atom stereocenters. The Bertz CT molecular complexity index is 937. The van der Waals surface area contributed by atoms with E-state index in [0.29, 0.717) is 12.1 Å². The Morgan fingerprint density at radius 3 is 2.11 bits per heavy atom. The van der Waals surface area contributed by atoms with Crippen LogP contribution in [0.4, 0.5) is 0 Å². The number of hydrogen-bond acceptors (Lipinski definition) is 8. The van der Waals surface area contributed by atoms with Gasteiger partial charge in [-0.3, -0.25) is 24.0 Å². The number of nitrogens with one attached hydrogen (secondary N) is 4. The Labute approximate surface area is 207 Å². The summed E-state index contributed by atoms with van der Waals surface area (Å²) in [4.78, 5) is 79.1. The summed E-state index contributed by atoms with van der Waals surface area (Å²) in [5, 5.41) is 16.6. The molecular weight excluding hydrogens is 476 g/mol. The van der Waals surface area contributed by atoms with Crippen molar-refractivity contribution in [1.82, 2.24) is 25.9 Å². The van der Waals surface area contributed by atoms with Gasteiger partial charge in [0.1, 0.15) is 18.1 Å². The highest BCUT2D eigenvalue weighted by atomic mass is 16.4. The van der Waals surface area contributed by atoms with Crippen LogP contribution >= 0.6 is 0 Å². The predicted octanol–water partition coefficient (Wildman–Crippen LogP) is -2.99. The van der Waals surface area contributed by atoms with Gasteiger partial charge in [-0.15, -0.1) is 0 Å². The van der Waals surface area contributed by atoms with Crippen LogP contribution in [-0.4, -0.2) is 74.7 Å². The number of nitrogens with two attached hydrogens (primary N) is 3. The van der Waals surface area contributed by atoms with Crippen molar-refractivity contribution >= 4 is 35.5 Å². The highest BCUT2D eigenvalue weighted by Gasteiger charge is 2.32. The van der Waals surface area contributed by atoms with Crippen LogP contribution in [0, 0.1) is 5.92 Å². The Morgan fingerprint density at radius 1 is 1.00 bits per heavy atom. The maximum Gasteiger partial charge on any atom is 0.326 e. The average molecular weight is 511 g/mol. The summed E-state index contributed by atoms with van der Waals surface area (Å²) in [5.74, 6) is -5.80. The number of carbonyl (C=O) groups is 6. The van der Waals surface area contributed by atoms with E-state index in [9.17, 15) is 33.9 Å². The highest BCUT2D eigenvalue weighted by molar-refractivity contribution is 5.96. The number of H-pyrrole nitrogens is 1. The zero-order chi connectivity index (χ0) is 27.4. The van der Waals surface area contributed by atoms with Gasteiger partial charge < -0.3 is 43.2 Å². The highest BCUT2D eigenvalue weighted by Crippen LogP contribution is 2.09. The van der Waals surface area contributed by atoms with Crippen LogP contribution in [0.2, 0.25) is 0 Å².